The van der Waals surface area contributed by atoms with Crippen LogP contribution in [0.4, 0.5) is 4.79 Å². The molecule has 1 aliphatic rings. The summed E-state index contributed by atoms with van der Waals surface area (Å²) in [5.41, 5.74) is 0.821. The Morgan fingerprint density at radius 1 is 0.885 bits per heavy atom. The van der Waals surface area contributed by atoms with E-state index in [-0.39, 0.29) is 13.1 Å². The van der Waals surface area contributed by atoms with Crippen LogP contribution >= 0.6 is 0 Å². The maximum Gasteiger partial charge on any atom is 0.415 e. The maximum absolute atomic E-state index is 12.4. The van der Waals surface area contributed by atoms with Crippen LogP contribution in [0.5, 0.6) is 5.75 Å². The highest BCUT2D eigenvalue weighted by Crippen LogP contribution is 2.14. The molecule has 136 valence electrons. The predicted octanol–water partition coefficient (Wildman–Crippen LogP) is 2.80. The molecule has 1 amide bonds. The molecule has 1 heterocycles. The lowest BCUT2D eigenvalue weighted by Crippen LogP contribution is -2.50. The number of benzene rings is 2. The van der Waals surface area contributed by atoms with Gasteiger partial charge in [0.1, 0.15) is 5.75 Å². The van der Waals surface area contributed by atoms with E-state index in [0.717, 1.165) is 5.56 Å². The van der Waals surface area contributed by atoms with Crippen LogP contribution in [0.2, 0.25) is 0 Å². The zero-order valence-corrected chi connectivity index (χ0v) is 15.0. The van der Waals surface area contributed by atoms with E-state index >= 15 is 0 Å². The van der Waals surface area contributed by atoms with Crippen LogP contribution in [0.3, 0.4) is 0 Å². The molecule has 7 heteroatoms. The molecule has 1 saturated heterocycles. The molecule has 2 aromatic rings. The van der Waals surface area contributed by atoms with Gasteiger partial charge in [-0.1, -0.05) is 48.5 Å². The Morgan fingerprint density at radius 2 is 1.46 bits per heavy atom. The zero-order chi connectivity index (χ0) is 18.4. The molecule has 0 spiro atoms. The molecule has 0 bridgehead atoms. The number of hydrogen-bond donors (Lipinski definition) is 0. The van der Waals surface area contributed by atoms with Gasteiger partial charge in [-0.3, -0.25) is 0 Å². The normalized spacial score (nSPS) is 15.9. The lowest BCUT2D eigenvalue weighted by molar-refractivity contribution is 0.133. The van der Waals surface area contributed by atoms with Crippen LogP contribution in [-0.2, 0) is 10.0 Å². The third kappa shape index (κ3) is 4.71. The van der Waals surface area contributed by atoms with Crippen molar-refractivity contribution in [1.29, 1.82) is 0 Å². The van der Waals surface area contributed by atoms with E-state index in [1.807, 2.05) is 36.4 Å². The number of rotatable bonds is 4. The molecule has 1 fully saturated rings. The molecule has 26 heavy (non-hydrogen) atoms. The van der Waals surface area contributed by atoms with Crippen LogP contribution < -0.4 is 4.74 Å². The second-order valence-electron chi connectivity index (χ2n) is 5.83. The number of ether oxygens (including phenoxy) is 1. The number of amides is 1. The van der Waals surface area contributed by atoms with Crippen LogP contribution in [0.25, 0.3) is 6.08 Å². The van der Waals surface area contributed by atoms with E-state index in [0.29, 0.717) is 18.8 Å². The average molecular weight is 372 g/mol. The van der Waals surface area contributed by atoms with E-state index in [4.69, 9.17) is 4.74 Å². The summed E-state index contributed by atoms with van der Waals surface area (Å²) in [6.07, 6.45) is 1.11. The van der Waals surface area contributed by atoms with Crippen LogP contribution in [-0.4, -0.2) is 49.9 Å². The van der Waals surface area contributed by atoms with Crippen molar-refractivity contribution in [3.05, 3.63) is 71.6 Å². The monoisotopic (exact) mass is 372 g/mol. The first-order valence-corrected chi connectivity index (χ1v) is 9.80. The number of carbonyl (C=O) groups excluding carboxylic acids is 1. The minimum Gasteiger partial charge on any atom is -0.410 e. The Bertz CT molecular complexity index is 859. The van der Waals surface area contributed by atoms with Gasteiger partial charge in [0, 0.05) is 31.6 Å². The summed E-state index contributed by atoms with van der Waals surface area (Å²) in [4.78, 5) is 13.7. The second kappa shape index (κ2) is 8.16. The molecule has 0 radical (unpaired) electrons. The molecule has 0 saturated carbocycles. The summed E-state index contributed by atoms with van der Waals surface area (Å²) in [6.45, 7) is 1.07. The van der Waals surface area contributed by atoms with Crippen molar-refractivity contribution >= 4 is 22.2 Å². The molecule has 0 aliphatic carbocycles. The van der Waals surface area contributed by atoms with E-state index in [2.05, 4.69) is 0 Å². The molecule has 0 aromatic heterocycles. The minimum atomic E-state index is -3.52. The van der Waals surface area contributed by atoms with Gasteiger partial charge in [-0.25, -0.2) is 13.2 Å². The van der Waals surface area contributed by atoms with Crippen LogP contribution in [0.15, 0.2) is 66.1 Å². The standard InChI is InChI=1S/C19H20N2O4S/c22-19(25-18-9-5-2-6-10-18)20-12-14-21(15-13-20)26(23,24)16-11-17-7-3-1-4-8-17/h1-11,16H,12-15H2/b16-11+. The number of para-hydroxylation sites is 1. The molecule has 6 nitrogen and oxygen atoms in total. The van der Waals surface area contributed by atoms with Crippen molar-refractivity contribution in [1.82, 2.24) is 9.21 Å². The van der Waals surface area contributed by atoms with Crippen molar-refractivity contribution in [3.63, 3.8) is 0 Å². The summed E-state index contributed by atoms with van der Waals surface area (Å²) < 4.78 is 31.5. The van der Waals surface area contributed by atoms with Gasteiger partial charge < -0.3 is 9.64 Å². The van der Waals surface area contributed by atoms with Gasteiger partial charge in [0.25, 0.3) is 0 Å². The van der Waals surface area contributed by atoms with Crippen LogP contribution in [0.1, 0.15) is 5.56 Å². The highest BCUT2D eigenvalue weighted by molar-refractivity contribution is 7.92. The highest BCUT2D eigenvalue weighted by Gasteiger charge is 2.28. The Hall–Kier alpha value is -2.64. The summed E-state index contributed by atoms with van der Waals surface area (Å²) in [5.74, 6) is 0.471. The molecule has 2 aromatic carbocycles. The van der Waals surface area contributed by atoms with Gasteiger partial charge in [0.15, 0.2) is 0 Å². The fraction of sp³-hybridized carbons (Fsp3) is 0.211. The molecule has 0 atom stereocenters. The Labute approximate surface area is 153 Å². The van der Waals surface area contributed by atoms with Gasteiger partial charge in [-0.15, -0.1) is 0 Å². The number of sulfonamides is 1. The Balaban J connectivity index is 1.55. The molecular weight excluding hydrogens is 352 g/mol. The van der Waals surface area contributed by atoms with Gasteiger partial charge in [-0.05, 0) is 23.8 Å². The molecule has 1 aliphatic heterocycles. The van der Waals surface area contributed by atoms with Gasteiger partial charge in [0.05, 0.1) is 0 Å². The SMILES string of the molecule is O=C(Oc1ccccc1)N1CCN(S(=O)(=O)/C=C/c2ccccc2)CC1. The Morgan fingerprint density at radius 3 is 2.08 bits per heavy atom. The highest BCUT2D eigenvalue weighted by atomic mass is 32.2. The van der Waals surface area contributed by atoms with Crippen molar-refractivity contribution in [2.75, 3.05) is 26.2 Å². The summed E-state index contributed by atoms with van der Waals surface area (Å²) in [5, 5.41) is 1.21. The molecule has 3 rings (SSSR count). The summed E-state index contributed by atoms with van der Waals surface area (Å²) in [6, 6.07) is 18.1. The number of carbonyl (C=O) groups is 1. The minimum absolute atomic E-state index is 0.241. The predicted molar refractivity (Wildman–Crippen MR) is 100 cm³/mol. The first kappa shape index (κ1) is 18.2. The van der Waals surface area contributed by atoms with Gasteiger partial charge >= 0.3 is 6.09 Å². The first-order valence-electron chi connectivity index (χ1n) is 8.30. The Kier molecular flexibility index (Phi) is 5.70. The topological polar surface area (TPSA) is 66.9 Å². The summed E-state index contributed by atoms with van der Waals surface area (Å²) in [7, 11) is -3.52. The van der Waals surface area contributed by atoms with Crippen molar-refractivity contribution in [2.45, 2.75) is 0 Å². The van der Waals surface area contributed by atoms with E-state index in [9.17, 15) is 13.2 Å². The number of piperazine rings is 1. The molecular formula is C19H20N2O4S. The smallest absolute Gasteiger partial charge is 0.410 e. The van der Waals surface area contributed by atoms with E-state index < -0.39 is 16.1 Å². The molecule has 0 N–H and O–H groups in total. The lowest BCUT2D eigenvalue weighted by Gasteiger charge is -2.32. The second-order valence-corrected chi connectivity index (χ2v) is 7.64. The fourth-order valence-electron chi connectivity index (χ4n) is 2.59. The maximum atomic E-state index is 12.4. The van der Waals surface area contributed by atoms with Crippen molar-refractivity contribution in [2.24, 2.45) is 0 Å². The number of hydrogen-bond acceptors (Lipinski definition) is 4. The fourth-order valence-corrected chi connectivity index (χ4v) is 3.77. The number of nitrogens with zero attached hydrogens (tertiary/aromatic N) is 2. The first-order chi connectivity index (χ1) is 12.5. The largest absolute Gasteiger partial charge is 0.415 e. The van der Waals surface area contributed by atoms with Crippen molar-refractivity contribution < 1.29 is 17.9 Å². The van der Waals surface area contributed by atoms with Crippen molar-refractivity contribution in [3.8, 4) is 5.75 Å². The van der Waals surface area contributed by atoms with Crippen LogP contribution in [0, 0.1) is 0 Å². The quantitative estimate of drug-likeness (QED) is 0.828. The third-order valence-electron chi connectivity index (χ3n) is 4.04. The van der Waals surface area contributed by atoms with E-state index in [1.165, 1.54) is 14.6 Å². The average Bonchev–Trinajstić information content (AvgIpc) is 2.68. The summed E-state index contributed by atoms with van der Waals surface area (Å²) >= 11 is 0. The lowest BCUT2D eigenvalue weighted by atomic mass is 10.2. The van der Waals surface area contributed by atoms with E-state index in [1.54, 1.807) is 30.3 Å². The van der Waals surface area contributed by atoms with Gasteiger partial charge in [0.2, 0.25) is 10.0 Å². The zero-order valence-electron chi connectivity index (χ0n) is 14.2. The molecule has 0 unspecified atom stereocenters. The third-order valence-corrected chi connectivity index (χ3v) is 5.60. The van der Waals surface area contributed by atoms with Gasteiger partial charge in [-0.2, -0.15) is 4.31 Å².